The van der Waals surface area contributed by atoms with Crippen LogP contribution in [-0.4, -0.2) is 13.0 Å². The van der Waals surface area contributed by atoms with Gasteiger partial charge in [-0.25, -0.2) is 8.78 Å². The van der Waals surface area contributed by atoms with Crippen LogP contribution in [0.5, 0.6) is 5.75 Å². The molecule has 0 spiro atoms. The van der Waals surface area contributed by atoms with E-state index in [4.69, 9.17) is 4.74 Å². The molecule has 0 saturated heterocycles. The molecule has 0 aliphatic heterocycles. The van der Waals surface area contributed by atoms with E-state index in [2.05, 4.69) is 21.2 Å². The highest BCUT2D eigenvalue weighted by atomic mass is 79.9. The minimum Gasteiger partial charge on any atom is -0.496 e. The van der Waals surface area contributed by atoms with E-state index in [1.54, 1.807) is 30.3 Å². The molecule has 2 rings (SSSR count). The van der Waals surface area contributed by atoms with Gasteiger partial charge in [-0.15, -0.1) is 0 Å². The Balaban J connectivity index is 2.15. The van der Waals surface area contributed by atoms with E-state index in [1.165, 1.54) is 13.2 Å². The average molecular weight is 368 g/mol. The molecule has 0 atom stereocenters. The molecular weight excluding hydrogens is 356 g/mol. The number of nitrogens with one attached hydrogen (secondary N) is 1. The SMILES string of the molecule is COc1ccccc1C=CC(=O)Nc1c(F)cc(F)cc1Br. The Morgan fingerprint density at radius 3 is 2.68 bits per heavy atom. The number of ether oxygens (including phenoxy) is 1. The number of methoxy groups -OCH3 is 1. The molecule has 0 aliphatic carbocycles. The second-order valence-corrected chi connectivity index (χ2v) is 5.16. The number of carbonyl (C=O) groups excluding carboxylic acids is 1. The van der Waals surface area contributed by atoms with Crippen LogP contribution < -0.4 is 10.1 Å². The van der Waals surface area contributed by atoms with Crippen LogP contribution >= 0.6 is 15.9 Å². The zero-order valence-corrected chi connectivity index (χ0v) is 13.2. The number of amides is 1. The standard InChI is InChI=1S/C16H12BrF2NO2/c1-22-14-5-3-2-4-10(14)6-7-15(21)20-16-12(17)8-11(18)9-13(16)19/h2-9H,1H3,(H,20,21). The van der Waals surface area contributed by atoms with Gasteiger partial charge in [-0.1, -0.05) is 18.2 Å². The van der Waals surface area contributed by atoms with Crippen molar-refractivity contribution >= 4 is 33.6 Å². The van der Waals surface area contributed by atoms with Crippen molar-refractivity contribution < 1.29 is 18.3 Å². The Morgan fingerprint density at radius 2 is 2.00 bits per heavy atom. The summed E-state index contributed by atoms with van der Waals surface area (Å²) in [5.41, 5.74) is 0.592. The van der Waals surface area contributed by atoms with E-state index in [0.717, 1.165) is 6.07 Å². The number of para-hydroxylation sites is 1. The minimum atomic E-state index is -0.856. The predicted octanol–water partition coefficient (Wildman–Crippen LogP) is 4.39. The quantitative estimate of drug-likeness (QED) is 0.813. The van der Waals surface area contributed by atoms with E-state index < -0.39 is 17.5 Å². The molecule has 0 aromatic heterocycles. The molecule has 114 valence electrons. The maximum atomic E-state index is 13.6. The van der Waals surface area contributed by atoms with Crippen LogP contribution in [0.25, 0.3) is 6.08 Å². The van der Waals surface area contributed by atoms with Crippen molar-refractivity contribution in [3.63, 3.8) is 0 Å². The van der Waals surface area contributed by atoms with Crippen LogP contribution in [-0.2, 0) is 4.79 Å². The largest absolute Gasteiger partial charge is 0.496 e. The molecule has 0 unspecified atom stereocenters. The number of anilines is 1. The summed E-state index contributed by atoms with van der Waals surface area (Å²) in [5, 5.41) is 2.36. The first kappa shape index (κ1) is 16.2. The maximum absolute atomic E-state index is 13.6. The third-order valence-corrected chi connectivity index (χ3v) is 3.43. The highest BCUT2D eigenvalue weighted by Gasteiger charge is 2.11. The Hall–Kier alpha value is -2.21. The van der Waals surface area contributed by atoms with Crippen molar-refractivity contribution in [2.75, 3.05) is 12.4 Å². The van der Waals surface area contributed by atoms with Crippen molar-refractivity contribution in [1.29, 1.82) is 0 Å². The van der Waals surface area contributed by atoms with Crippen LogP contribution in [0, 0.1) is 11.6 Å². The number of halogens is 3. The number of benzene rings is 2. The van der Waals surface area contributed by atoms with Crippen molar-refractivity contribution in [3.05, 3.63) is 64.1 Å². The van der Waals surface area contributed by atoms with Crippen LogP contribution in [0.4, 0.5) is 14.5 Å². The summed E-state index contributed by atoms with van der Waals surface area (Å²) >= 11 is 3.01. The van der Waals surface area contributed by atoms with Gasteiger partial charge in [0.1, 0.15) is 11.6 Å². The summed E-state index contributed by atoms with van der Waals surface area (Å²) in [4.78, 5) is 11.9. The first-order valence-electron chi connectivity index (χ1n) is 6.28. The van der Waals surface area contributed by atoms with Gasteiger partial charge in [-0.05, 0) is 34.1 Å². The molecule has 0 aliphatic rings. The van der Waals surface area contributed by atoms with Crippen LogP contribution in [0.3, 0.4) is 0 Å². The van der Waals surface area contributed by atoms with Gasteiger partial charge in [0.15, 0.2) is 5.82 Å². The average Bonchev–Trinajstić information content (AvgIpc) is 2.49. The lowest BCUT2D eigenvalue weighted by Gasteiger charge is -2.07. The second kappa shape index (κ2) is 7.17. The fourth-order valence-electron chi connectivity index (χ4n) is 1.80. The predicted molar refractivity (Wildman–Crippen MR) is 84.7 cm³/mol. The van der Waals surface area contributed by atoms with Gasteiger partial charge in [0.05, 0.1) is 12.8 Å². The summed E-state index contributed by atoms with van der Waals surface area (Å²) in [5.74, 6) is -1.52. The molecule has 1 N–H and O–H groups in total. The molecule has 0 heterocycles. The smallest absolute Gasteiger partial charge is 0.248 e. The molecule has 0 fully saturated rings. The van der Waals surface area contributed by atoms with Gasteiger partial charge in [-0.2, -0.15) is 0 Å². The van der Waals surface area contributed by atoms with E-state index in [-0.39, 0.29) is 10.2 Å². The summed E-state index contributed by atoms with van der Waals surface area (Å²) in [6.45, 7) is 0. The van der Waals surface area contributed by atoms with Crippen molar-refractivity contribution in [3.8, 4) is 5.75 Å². The van der Waals surface area contributed by atoms with E-state index in [9.17, 15) is 13.6 Å². The molecule has 22 heavy (non-hydrogen) atoms. The Morgan fingerprint density at radius 1 is 1.27 bits per heavy atom. The maximum Gasteiger partial charge on any atom is 0.248 e. The molecule has 6 heteroatoms. The molecule has 2 aromatic carbocycles. The molecule has 0 bridgehead atoms. The van der Waals surface area contributed by atoms with Crippen LogP contribution in [0.15, 0.2) is 46.9 Å². The number of hydrogen-bond acceptors (Lipinski definition) is 2. The lowest BCUT2D eigenvalue weighted by atomic mass is 10.2. The van der Waals surface area contributed by atoms with Crippen LogP contribution in [0.2, 0.25) is 0 Å². The highest BCUT2D eigenvalue weighted by Crippen LogP contribution is 2.27. The van der Waals surface area contributed by atoms with Gasteiger partial charge in [-0.3, -0.25) is 4.79 Å². The fraction of sp³-hybridized carbons (Fsp3) is 0.0625. The monoisotopic (exact) mass is 367 g/mol. The van der Waals surface area contributed by atoms with Crippen molar-refractivity contribution in [1.82, 2.24) is 0 Å². The summed E-state index contributed by atoms with van der Waals surface area (Å²) < 4.78 is 31.9. The van der Waals surface area contributed by atoms with Gasteiger partial charge in [0.25, 0.3) is 0 Å². The topological polar surface area (TPSA) is 38.3 Å². The normalized spacial score (nSPS) is 10.7. The summed E-state index contributed by atoms with van der Waals surface area (Å²) in [6.07, 6.45) is 2.79. The molecule has 2 aromatic rings. The summed E-state index contributed by atoms with van der Waals surface area (Å²) in [6, 6.07) is 8.91. The lowest BCUT2D eigenvalue weighted by molar-refractivity contribution is -0.111. The van der Waals surface area contributed by atoms with E-state index >= 15 is 0 Å². The first-order valence-corrected chi connectivity index (χ1v) is 7.07. The number of hydrogen-bond donors (Lipinski definition) is 1. The third-order valence-electron chi connectivity index (χ3n) is 2.81. The van der Waals surface area contributed by atoms with Gasteiger partial charge < -0.3 is 10.1 Å². The number of carbonyl (C=O) groups is 1. The molecule has 3 nitrogen and oxygen atoms in total. The third kappa shape index (κ3) is 3.92. The minimum absolute atomic E-state index is 0.115. The van der Waals surface area contributed by atoms with Crippen molar-refractivity contribution in [2.45, 2.75) is 0 Å². The lowest BCUT2D eigenvalue weighted by Crippen LogP contribution is -2.10. The van der Waals surface area contributed by atoms with Crippen LogP contribution in [0.1, 0.15) is 5.56 Å². The molecule has 0 saturated carbocycles. The molecule has 0 radical (unpaired) electrons. The van der Waals surface area contributed by atoms with E-state index in [0.29, 0.717) is 17.4 Å². The highest BCUT2D eigenvalue weighted by molar-refractivity contribution is 9.10. The van der Waals surface area contributed by atoms with Gasteiger partial charge in [0.2, 0.25) is 5.91 Å². The Labute approximate surface area is 134 Å². The molecular formula is C16H12BrF2NO2. The Bertz CT molecular complexity index is 709. The zero-order chi connectivity index (χ0) is 16.1. The second-order valence-electron chi connectivity index (χ2n) is 4.31. The number of rotatable bonds is 4. The molecule has 1 amide bonds. The van der Waals surface area contributed by atoms with E-state index in [1.807, 2.05) is 0 Å². The van der Waals surface area contributed by atoms with Gasteiger partial charge >= 0.3 is 0 Å². The summed E-state index contributed by atoms with van der Waals surface area (Å²) in [7, 11) is 1.53. The Kier molecular flexibility index (Phi) is 5.27. The van der Waals surface area contributed by atoms with Gasteiger partial charge in [0, 0.05) is 22.2 Å². The zero-order valence-electron chi connectivity index (χ0n) is 11.6. The van der Waals surface area contributed by atoms with Crippen molar-refractivity contribution in [2.24, 2.45) is 0 Å². The first-order chi connectivity index (χ1) is 10.5. The fourth-order valence-corrected chi connectivity index (χ4v) is 2.30.